The molecule has 0 aliphatic carbocycles. The Hall–Kier alpha value is -0.910. The number of carbonyl (C=O) groups is 2. The Morgan fingerprint density at radius 2 is 2.11 bits per heavy atom. The maximum Gasteiger partial charge on any atom is 0.323 e. The molecule has 1 N–H and O–H groups in total. The third-order valence-electron chi connectivity index (χ3n) is 2.79. The van der Waals surface area contributed by atoms with Gasteiger partial charge in [0.2, 0.25) is 0 Å². The standard InChI is InChI=1S/C12H22N2O3S/c1-4-5-13(8-10(15)16)11(17)14-6-7-18-12(2,3)9-14/h4-9H2,1-3H3,(H,15,16). The van der Waals surface area contributed by atoms with Crippen LogP contribution in [0.15, 0.2) is 0 Å². The minimum atomic E-state index is -0.956. The summed E-state index contributed by atoms with van der Waals surface area (Å²) in [5.41, 5.74) is 0. The molecule has 1 saturated heterocycles. The summed E-state index contributed by atoms with van der Waals surface area (Å²) in [6.45, 7) is 7.82. The van der Waals surface area contributed by atoms with Gasteiger partial charge in [-0.3, -0.25) is 4.79 Å². The highest BCUT2D eigenvalue weighted by Crippen LogP contribution is 2.29. The lowest BCUT2D eigenvalue weighted by molar-refractivity contribution is -0.137. The van der Waals surface area contributed by atoms with Crippen LogP contribution >= 0.6 is 11.8 Å². The molecule has 0 spiro atoms. The first-order valence-electron chi connectivity index (χ1n) is 6.25. The molecule has 2 amide bonds. The van der Waals surface area contributed by atoms with Crippen molar-refractivity contribution in [2.24, 2.45) is 0 Å². The van der Waals surface area contributed by atoms with Crippen molar-refractivity contribution in [1.29, 1.82) is 0 Å². The molecule has 1 rings (SSSR count). The number of carboxylic acid groups (broad SMARTS) is 1. The third-order valence-corrected chi connectivity index (χ3v) is 4.08. The normalized spacial score (nSPS) is 18.5. The molecule has 1 aliphatic rings. The van der Waals surface area contributed by atoms with Crippen LogP contribution in [0.4, 0.5) is 4.79 Å². The second-order valence-electron chi connectivity index (χ2n) is 5.13. The second kappa shape index (κ2) is 6.31. The summed E-state index contributed by atoms with van der Waals surface area (Å²) in [7, 11) is 0. The molecule has 1 aliphatic heterocycles. The number of nitrogens with zero attached hydrogens (tertiary/aromatic N) is 2. The van der Waals surface area contributed by atoms with E-state index in [9.17, 15) is 9.59 Å². The lowest BCUT2D eigenvalue weighted by Gasteiger charge is -2.39. The number of aliphatic carboxylic acids is 1. The van der Waals surface area contributed by atoms with E-state index in [2.05, 4.69) is 13.8 Å². The zero-order chi connectivity index (χ0) is 13.8. The van der Waals surface area contributed by atoms with E-state index in [-0.39, 0.29) is 17.3 Å². The largest absolute Gasteiger partial charge is 0.480 e. The Kier molecular flexibility index (Phi) is 5.31. The Balaban J connectivity index is 2.66. The van der Waals surface area contributed by atoms with Crippen molar-refractivity contribution >= 4 is 23.8 Å². The minimum Gasteiger partial charge on any atom is -0.480 e. The average molecular weight is 274 g/mol. The molecule has 1 fully saturated rings. The summed E-state index contributed by atoms with van der Waals surface area (Å²) < 4.78 is 0.0506. The molecule has 5 nitrogen and oxygen atoms in total. The van der Waals surface area contributed by atoms with Crippen molar-refractivity contribution in [3.63, 3.8) is 0 Å². The van der Waals surface area contributed by atoms with Crippen LogP contribution in [0.5, 0.6) is 0 Å². The van der Waals surface area contributed by atoms with Crippen molar-refractivity contribution in [1.82, 2.24) is 9.80 Å². The molecule has 18 heavy (non-hydrogen) atoms. The lowest BCUT2D eigenvalue weighted by Crippen LogP contribution is -2.52. The first kappa shape index (κ1) is 15.1. The third kappa shape index (κ3) is 4.40. The number of urea groups is 1. The number of rotatable bonds is 4. The topological polar surface area (TPSA) is 60.9 Å². The summed E-state index contributed by atoms with van der Waals surface area (Å²) in [5, 5.41) is 8.84. The van der Waals surface area contributed by atoms with Gasteiger partial charge in [0, 0.05) is 30.1 Å². The molecule has 0 bridgehead atoms. The summed E-state index contributed by atoms with van der Waals surface area (Å²) >= 11 is 1.85. The monoisotopic (exact) mass is 274 g/mol. The van der Waals surface area contributed by atoms with Gasteiger partial charge in [0.15, 0.2) is 0 Å². The number of thioether (sulfide) groups is 1. The van der Waals surface area contributed by atoms with Crippen LogP contribution in [0.1, 0.15) is 27.2 Å². The quantitative estimate of drug-likeness (QED) is 0.848. The van der Waals surface area contributed by atoms with Crippen molar-refractivity contribution in [2.75, 3.05) is 31.9 Å². The fourth-order valence-electron chi connectivity index (χ4n) is 2.06. The molecule has 0 aromatic rings. The molecule has 104 valence electrons. The van der Waals surface area contributed by atoms with Gasteiger partial charge in [-0.1, -0.05) is 6.92 Å². The van der Waals surface area contributed by atoms with E-state index in [0.717, 1.165) is 12.2 Å². The maximum atomic E-state index is 12.3. The van der Waals surface area contributed by atoms with Gasteiger partial charge in [-0.25, -0.2) is 4.79 Å². The van der Waals surface area contributed by atoms with Gasteiger partial charge < -0.3 is 14.9 Å². The Labute approximate surface area is 113 Å². The van der Waals surface area contributed by atoms with Gasteiger partial charge in [0.05, 0.1) is 0 Å². The van der Waals surface area contributed by atoms with Gasteiger partial charge in [-0.05, 0) is 20.3 Å². The summed E-state index contributed by atoms with van der Waals surface area (Å²) in [4.78, 5) is 26.3. The second-order valence-corrected chi connectivity index (χ2v) is 6.93. The highest BCUT2D eigenvalue weighted by atomic mass is 32.2. The molecule has 0 unspecified atom stereocenters. The average Bonchev–Trinajstić information content (AvgIpc) is 2.25. The molecular weight excluding hydrogens is 252 g/mol. The molecule has 1 heterocycles. The Bertz CT molecular complexity index is 320. The predicted octanol–water partition coefficient (Wildman–Crippen LogP) is 1.73. The lowest BCUT2D eigenvalue weighted by atomic mass is 10.2. The van der Waals surface area contributed by atoms with E-state index < -0.39 is 5.97 Å². The van der Waals surface area contributed by atoms with Crippen molar-refractivity contribution in [3.8, 4) is 0 Å². The van der Waals surface area contributed by atoms with Gasteiger partial charge in [0.25, 0.3) is 0 Å². The number of hydrogen-bond donors (Lipinski definition) is 1. The van der Waals surface area contributed by atoms with Crippen molar-refractivity contribution in [2.45, 2.75) is 31.9 Å². The zero-order valence-electron chi connectivity index (χ0n) is 11.3. The molecule has 0 radical (unpaired) electrons. The Morgan fingerprint density at radius 1 is 1.44 bits per heavy atom. The Morgan fingerprint density at radius 3 is 2.61 bits per heavy atom. The molecule has 0 saturated carbocycles. The van der Waals surface area contributed by atoms with Crippen LogP contribution in [0.3, 0.4) is 0 Å². The minimum absolute atomic E-state index is 0.0506. The SMILES string of the molecule is CCCN(CC(=O)O)C(=O)N1CCSC(C)(C)C1. The summed E-state index contributed by atoms with van der Waals surface area (Å²) in [5.74, 6) is -0.0476. The fourth-order valence-corrected chi connectivity index (χ4v) is 3.17. The van der Waals surface area contributed by atoms with Crippen LogP contribution < -0.4 is 0 Å². The van der Waals surface area contributed by atoms with Crippen molar-refractivity contribution in [3.05, 3.63) is 0 Å². The van der Waals surface area contributed by atoms with Crippen LogP contribution in [0.2, 0.25) is 0 Å². The number of amides is 2. The summed E-state index contributed by atoms with van der Waals surface area (Å²) in [6, 6.07) is -0.146. The smallest absolute Gasteiger partial charge is 0.323 e. The van der Waals surface area contributed by atoms with Gasteiger partial charge in [0.1, 0.15) is 6.54 Å². The van der Waals surface area contributed by atoms with Crippen LogP contribution in [0.25, 0.3) is 0 Å². The molecule has 0 aromatic carbocycles. The van der Waals surface area contributed by atoms with Gasteiger partial charge in [-0.2, -0.15) is 11.8 Å². The summed E-state index contributed by atoms with van der Waals surface area (Å²) in [6.07, 6.45) is 0.769. The first-order valence-corrected chi connectivity index (χ1v) is 7.24. The number of hydrogen-bond acceptors (Lipinski definition) is 3. The maximum absolute atomic E-state index is 12.3. The number of carbonyl (C=O) groups excluding carboxylic acids is 1. The first-order chi connectivity index (χ1) is 8.35. The highest BCUT2D eigenvalue weighted by Gasteiger charge is 2.32. The van der Waals surface area contributed by atoms with Gasteiger partial charge >= 0.3 is 12.0 Å². The highest BCUT2D eigenvalue weighted by molar-refractivity contribution is 8.00. The number of carboxylic acids is 1. The van der Waals surface area contributed by atoms with Crippen LogP contribution in [-0.4, -0.2) is 63.6 Å². The van der Waals surface area contributed by atoms with E-state index in [1.54, 1.807) is 4.90 Å². The fraction of sp³-hybridized carbons (Fsp3) is 0.833. The molecular formula is C12H22N2O3S. The van der Waals surface area contributed by atoms with E-state index in [4.69, 9.17) is 5.11 Å². The predicted molar refractivity (Wildman–Crippen MR) is 73.0 cm³/mol. The van der Waals surface area contributed by atoms with Crippen molar-refractivity contribution < 1.29 is 14.7 Å². The van der Waals surface area contributed by atoms with Crippen LogP contribution in [0, 0.1) is 0 Å². The molecule has 0 aromatic heterocycles. The molecule has 6 heteroatoms. The van der Waals surface area contributed by atoms with E-state index >= 15 is 0 Å². The van der Waals surface area contributed by atoms with Gasteiger partial charge in [-0.15, -0.1) is 0 Å². The van der Waals surface area contributed by atoms with E-state index in [1.807, 2.05) is 18.7 Å². The van der Waals surface area contributed by atoms with E-state index in [0.29, 0.717) is 19.6 Å². The van der Waals surface area contributed by atoms with Crippen LogP contribution in [-0.2, 0) is 4.79 Å². The zero-order valence-corrected chi connectivity index (χ0v) is 12.1. The molecule has 0 atom stereocenters. The van der Waals surface area contributed by atoms with E-state index in [1.165, 1.54) is 4.90 Å².